The summed E-state index contributed by atoms with van der Waals surface area (Å²) in [6.07, 6.45) is 0.513. The van der Waals surface area contributed by atoms with E-state index in [4.69, 9.17) is 27.9 Å². The highest BCUT2D eigenvalue weighted by atomic mass is 35.5. The lowest BCUT2D eigenvalue weighted by Gasteiger charge is -2.13. The molecular formula is C21H17Cl2NO2. The number of rotatable bonds is 6. The van der Waals surface area contributed by atoms with Crippen molar-refractivity contribution < 1.29 is 9.84 Å². The lowest BCUT2D eigenvalue weighted by Crippen LogP contribution is -2.01. The van der Waals surface area contributed by atoms with Crippen LogP contribution in [0, 0.1) is 0 Å². The van der Waals surface area contributed by atoms with E-state index in [-0.39, 0.29) is 5.76 Å². The van der Waals surface area contributed by atoms with E-state index in [1.54, 1.807) is 12.1 Å². The van der Waals surface area contributed by atoms with Gasteiger partial charge in [-0.15, -0.1) is 0 Å². The van der Waals surface area contributed by atoms with Crippen LogP contribution in [0.3, 0.4) is 0 Å². The molecule has 0 aliphatic heterocycles. The minimum atomic E-state index is -0.0619. The summed E-state index contributed by atoms with van der Waals surface area (Å²) in [6, 6.07) is 18.5. The Labute approximate surface area is 162 Å². The molecule has 3 rings (SSSR count). The Kier molecular flexibility index (Phi) is 5.82. The van der Waals surface area contributed by atoms with Gasteiger partial charge in [0.2, 0.25) is 0 Å². The van der Waals surface area contributed by atoms with Gasteiger partial charge in [-0.2, -0.15) is 0 Å². The average Bonchev–Trinajstić information content (AvgIpc) is 2.62. The van der Waals surface area contributed by atoms with Gasteiger partial charge in [0.05, 0.1) is 0 Å². The van der Waals surface area contributed by atoms with Crippen molar-refractivity contribution in [3.63, 3.8) is 0 Å². The second-order valence-electron chi connectivity index (χ2n) is 5.77. The molecule has 0 saturated heterocycles. The van der Waals surface area contributed by atoms with Crippen LogP contribution >= 0.6 is 23.2 Å². The van der Waals surface area contributed by atoms with Crippen molar-refractivity contribution in [1.29, 1.82) is 0 Å². The minimum absolute atomic E-state index is 0.0619. The molecule has 1 heterocycles. The predicted octanol–water partition coefficient (Wildman–Crippen LogP) is 6.09. The lowest BCUT2D eigenvalue weighted by molar-refractivity contribution is 0.303. The fourth-order valence-electron chi connectivity index (χ4n) is 2.53. The van der Waals surface area contributed by atoms with Crippen molar-refractivity contribution >= 4 is 29.0 Å². The Morgan fingerprint density at radius 2 is 1.81 bits per heavy atom. The molecule has 0 bridgehead atoms. The number of hydrogen-bond acceptors (Lipinski definition) is 3. The first-order valence-electron chi connectivity index (χ1n) is 8.02. The number of benzene rings is 2. The van der Waals surface area contributed by atoms with Crippen molar-refractivity contribution in [2.45, 2.75) is 13.0 Å². The molecular weight excluding hydrogens is 369 g/mol. The van der Waals surface area contributed by atoms with Crippen LogP contribution in [0.25, 0.3) is 5.76 Å². The zero-order chi connectivity index (χ0) is 18.5. The van der Waals surface area contributed by atoms with Gasteiger partial charge in [-0.25, -0.2) is 4.98 Å². The summed E-state index contributed by atoms with van der Waals surface area (Å²) in [5.41, 5.74) is 3.04. The second-order valence-corrected chi connectivity index (χ2v) is 6.61. The smallest absolute Gasteiger partial charge is 0.134 e. The third-order valence-corrected chi connectivity index (χ3v) is 4.44. The van der Waals surface area contributed by atoms with Crippen LogP contribution in [0.15, 0.2) is 67.2 Å². The molecule has 132 valence electrons. The van der Waals surface area contributed by atoms with Gasteiger partial charge in [0.15, 0.2) is 0 Å². The first-order chi connectivity index (χ1) is 12.5. The molecule has 1 aromatic heterocycles. The second kappa shape index (κ2) is 8.26. The van der Waals surface area contributed by atoms with Crippen molar-refractivity contribution in [1.82, 2.24) is 4.98 Å². The quantitative estimate of drug-likeness (QED) is 0.522. The number of ether oxygens (including phenoxy) is 1. The molecule has 3 aromatic rings. The fourth-order valence-corrected chi connectivity index (χ4v) is 2.92. The third-order valence-electron chi connectivity index (χ3n) is 3.84. The number of aliphatic hydroxyl groups excluding tert-OH is 1. The van der Waals surface area contributed by atoms with Crippen LogP contribution in [0.5, 0.6) is 5.75 Å². The molecule has 0 amide bonds. The van der Waals surface area contributed by atoms with E-state index in [1.165, 1.54) is 0 Å². The number of hydrogen-bond donors (Lipinski definition) is 1. The van der Waals surface area contributed by atoms with Crippen LogP contribution in [0.1, 0.15) is 22.5 Å². The molecule has 26 heavy (non-hydrogen) atoms. The Bertz CT molecular complexity index is 941. The van der Waals surface area contributed by atoms with Crippen molar-refractivity contribution in [3.05, 3.63) is 99.8 Å². The highest BCUT2D eigenvalue weighted by Crippen LogP contribution is 2.27. The van der Waals surface area contributed by atoms with Crippen molar-refractivity contribution in [2.75, 3.05) is 0 Å². The topological polar surface area (TPSA) is 42.4 Å². The van der Waals surface area contributed by atoms with Crippen LogP contribution in [0.4, 0.5) is 0 Å². The summed E-state index contributed by atoms with van der Waals surface area (Å²) in [7, 11) is 0. The molecule has 0 aliphatic rings. The number of nitrogens with zero attached hydrogens (tertiary/aromatic N) is 1. The molecule has 5 heteroatoms. The normalized spacial score (nSPS) is 10.5. The van der Waals surface area contributed by atoms with E-state index in [1.807, 2.05) is 48.5 Å². The Hall–Kier alpha value is -2.49. The summed E-state index contributed by atoms with van der Waals surface area (Å²) in [5.74, 6) is 0.650. The first kappa shape index (κ1) is 18.3. The summed E-state index contributed by atoms with van der Waals surface area (Å²) >= 11 is 12.3. The van der Waals surface area contributed by atoms with Gasteiger partial charge in [0.25, 0.3) is 0 Å². The molecule has 2 aromatic carbocycles. The summed E-state index contributed by atoms with van der Waals surface area (Å²) < 4.78 is 5.97. The van der Waals surface area contributed by atoms with Crippen LogP contribution in [-0.2, 0) is 13.0 Å². The molecule has 1 N–H and O–H groups in total. The van der Waals surface area contributed by atoms with Crippen molar-refractivity contribution in [3.8, 4) is 5.75 Å². The number of aliphatic hydroxyl groups is 1. The first-order valence-corrected chi connectivity index (χ1v) is 8.77. The Morgan fingerprint density at radius 1 is 1.00 bits per heavy atom. The average molecular weight is 386 g/mol. The van der Waals surface area contributed by atoms with E-state index >= 15 is 0 Å². The van der Waals surface area contributed by atoms with E-state index in [2.05, 4.69) is 11.6 Å². The summed E-state index contributed by atoms with van der Waals surface area (Å²) in [6.45, 7) is 3.87. The Balaban J connectivity index is 1.83. The molecule has 3 nitrogen and oxygen atoms in total. The number of pyridine rings is 1. The predicted molar refractivity (Wildman–Crippen MR) is 106 cm³/mol. The van der Waals surface area contributed by atoms with E-state index < -0.39 is 0 Å². The molecule has 0 saturated carbocycles. The maximum absolute atomic E-state index is 9.53. The maximum atomic E-state index is 9.53. The summed E-state index contributed by atoms with van der Waals surface area (Å²) in [4.78, 5) is 4.40. The number of aromatic nitrogens is 1. The van der Waals surface area contributed by atoms with Gasteiger partial charge in [-0.3, -0.25) is 0 Å². The van der Waals surface area contributed by atoms with Crippen molar-refractivity contribution in [2.24, 2.45) is 0 Å². The van der Waals surface area contributed by atoms with Gasteiger partial charge in [-0.1, -0.05) is 54.0 Å². The third kappa shape index (κ3) is 4.57. The zero-order valence-corrected chi connectivity index (χ0v) is 15.5. The SMILES string of the molecule is C=C(O)c1cccc(Cc2cc(Cl)ccc2OCc2ccccc2Cl)n1. The molecule has 0 unspecified atom stereocenters. The monoisotopic (exact) mass is 385 g/mol. The van der Waals surface area contributed by atoms with Gasteiger partial charge >= 0.3 is 0 Å². The highest BCUT2D eigenvalue weighted by Gasteiger charge is 2.09. The van der Waals surface area contributed by atoms with Gasteiger partial charge in [0.1, 0.15) is 23.8 Å². The largest absolute Gasteiger partial charge is 0.506 e. The van der Waals surface area contributed by atoms with Gasteiger partial charge in [0, 0.05) is 33.3 Å². The van der Waals surface area contributed by atoms with Crippen LogP contribution < -0.4 is 4.74 Å². The number of halogens is 2. The molecule has 0 atom stereocenters. The lowest BCUT2D eigenvalue weighted by atomic mass is 10.1. The molecule has 0 spiro atoms. The van der Waals surface area contributed by atoms with Crippen LogP contribution in [-0.4, -0.2) is 10.1 Å². The summed E-state index contributed by atoms with van der Waals surface area (Å²) in [5, 5.41) is 10.8. The minimum Gasteiger partial charge on any atom is -0.506 e. The molecule has 0 fully saturated rings. The van der Waals surface area contributed by atoms with E-state index in [9.17, 15) is 5.11 Å². The van der Waals surface area contributed by atoms with E-state index in [0.29, 0.717) is 34.5 Å². The van der Waals surface area contributed by atoms with Gasteiger partial charge < -0.3 is 9.84 Å². The molecule has 0 aliphatic carbocycles. The van der Waals surface area contributed by atoms with Gasteiger partial charge in [-0.05, 0) is 36.4 Å². The van der Waals surface area contributed by atoms with E-state index in [0.717, 1.165) is 16.8 Å². The highest BCUT2D eigenvalue weighted by molar-refractivity contribution is 6.31. The molecule has 0 radical (unpaired) electrons. The maximum Gasteiger partial charge on any atom is 0.134 e. The standard InChI is InChI=1S/C21H17Cl2NO2/c1-14(25)20-8-4-6-18(24-20)12-16-11-17(22)9-10-21(16)26-13-15-5-2-3-7-19(15)23/h2-11,25H,1,12-13H2. The fraction of sp³-hybridized carbons (Fsp3) is 0.0952. The zero-order valence-electron chi connectivity index (χ0n) is 14.0. The van der Waals surface area contributed by atoms with Crippen LogP contribution in [0.2, 0.25) is 10.0 Å². The Morgan fingerprint density at radius 3 is 2.58 bits per heavy atom.